The van der Waals surface area contributed by atoms with Crippen LogP contribution in [0.3, 0.4) is 0 Å². The number of benzene rings is 2. The molecule has 4 nitrogen and oxygen atoms in total. The van der Waals surface area contributed by atoms with Gasteiger partial charge in [0.1, 0.15) is 6.04 Å². The first-order chi connectivity index (χ1) is 11.1. The summed E-state index contributed by atoms with van der Waals surface area (Å²) < 4.78 is 0. The summed E-state index contributed by atoms with van der Waals surface area (Å²) in [6, 6.07) is 13.9. The second kappa shape index (κ2) is 6.52. The monoisotopic (exact) mass is 328 g/mol. The molecule has 0 aliphatic carbocycles. The summed E-state index contributed by atoms with van der Waals surface area (Å²) in [5, 5.41) is 13.5. The van der Waals surface area contributed by atoms with E-state index >= 15 is 0 Å². The van der Waals surface area contributed by atoms with Crippen molar-refractivity contribution in [3.8, 4) is 0 Å². The molecule has 0 saturated carbocycles. The lowest BCUT2D eigenvalue weighted by atomic mass is 10.1. The number of amides is 1. The van der Waals surface area contributed by atoms with Gasteiger partial charge in [0.2, 0.25) is 0 Å². The van der Waals surface area contributed by atoms with E-state index in [1.165, 1.54) is 0 Å². The molecule has 0 saturated heterocycles. The molecule has 0 radical (unpaired) electrons. The van der Waals surface area contributed by atoms with Crippen molar-refractivity contribution in [3.63, 3.8) is 0 Å². The number of fused-ring (bicyclic) bond motifs is 1. The Balaban J connectivity index is 2.36. The third-order valence-corrected chi connectivity index (χ3v) is 4.10. The zero-order valence-corrected chi connectivity index (χ0v) is 13.5. The molecule has 2 aromatic rings. The Hall–Kier alpha value is -2.17. The van der Waals surface area contributed by atoms with E-state index in [2.05, 4.69) is 4.99 Å². The van der Waals surface area contributed by atoms with Crippen LogP contribution in [0.1, 0.15) is 25.3 Å². The van der Waals surface area contributed by atoms with Crippen LogP contribution in [0.2, 0.25) is 5.02 Å². The van der Waals surface area contributed by atoms with E-state index < -0.39 is 6.04 Å². The Kier molecular flexibility index (Phi) is 4.46. The summed E-state index contributed by atoms with van der Waals surface area (Å²) >= 11 is 6.12. The lowest BCUT2D eigenvalue weighted by molar-refractivity contribution is -0.135. The number of hydrogen-bond acceptors (Lipinski definition) is 3. The number of hydrogen-bond donors (Lipinski definition) is 1. The van der Waals surface area contributed by atoms with Crippen LogP contribution in [0.4, 0.5) is 0 Å². The molecule has 2 aromatic carbocycles. The average molecular weight is 329 g/mol. The van der Waals surface area contributed by atoms with Gasteiger partial charge in [0.15, 0.2) is 0 Å². The highest BCUT2D eigenvalue weighted by molar-refractivity contribution is 6.30. The third-order valence-electron chi connectivity index (χ3n) is 3.86. The average Bonchev–Trinajstić information content (AvgIpc) is 2.64. The molecule has 1 aliphatic rings. The molecule has 3 rings (SSSR count). The first-order valence-corrected chi connectivity index (χ1v) is 7.95. The van der Waals surface area contributed by atoms with Crippen molar-refractivity contribution in [1.29, 1.82) is 0 Å². The molecule has 1 unspecified atom stereocenters. The van der Waals surface area contributed by atoms with Crippen molar-refractivity contribution in [2.45, 2.75) is 25.8 Å². The fraction of sp³-hybridized carbons (Fsp3) is 0.222. The predicted molar refractivity (Wildman–Crippen MR) is 88.5 cm³/mol. The van der Waals surface area contributed by atoms with Crippen molar-refractivity contribution in [2.24, 2.45) is 4.99 Å². The van der Waals surface area contributed by atoms with Crippen molar-refractivity contribution < 1.29 is 10.0 Å². The summed E-state index contributed by atoms with van der Waals surface area (Å²) in [7, 11) is 0. The minimum Gasteiger partial charge on any atom is -0.288 e. The second-order valence-electron chi connectivity index (χ2n) is 5.48. The van der Waals surface area contributed by atoms with Crippen molar-refractivity contribution in [3.05, 3.63) is 69.7 Å². The Morgan fingerprint density at radius 3 is 2.65 bits per heavy atom. The van der Waals surface area contributed by atoms with Crippen molar-refractivity contribution in [1.82, 2.24) is 5.06 Å². The molecular formula is C18H17ClN2O2. The SMILES string of the molecule is CCCC1C(=O)N=c2ccc(Cl)cc2=C(c2ccccc2)N1O. The van der Waals surface area contributed by atoms with Crippen LogP contribution in [0, 0.1) is 0 Å². The second-order valence-corrected chi connectivity index (χ2v) is 5.91. The topological polar surface area (TPSA) is 52.9 Å². The molecule has 0 fully saturated rings. The molecular weight excluding hydrogens is 312 g/mol. The number of nitrogens with zero attached hydrogens (tertiary/aromatic N) is 2. The fourth-order valence-electron chi connectivity index (χ4n) is 2.78. The Morgan fingerprint density at radius 1 is 1.22 bits per heavy atom. The van der Waals surface area contributed by atoms with Crippen molar-refractivity contribution >= 4 is 23.2 Å². The summed E-state index contributed by atoms with van der Waals surface area (Å²) in [6.45, 7) is 1.97. The van der Waals surface area contributed by atoms with E-state index in [0.717, 1.165) is 17.0 Å². The quantitative estimate of drug-likeness (QED) is 0.942. The summed E-state index contributed by atoms with van der Waals surface area (Å²) in [5.74, 6) is -0.344. The summed E-state index contributed by atoms with van der Waals surface area (Å²) in [4.78, 5) is 16.6. The first kappa shape index (κ1) is 15.7. The molecule has 23 heavy (non-hydrogen) atoms. The van der Waals surface area contributed by atoms with E-state index in [0.29, 0.717) is 27.7 Å². The lowest BCUT2D eigenvalue weighted by Crippen LogP contribution is -2.38. The van der Waals surface area contributed by atoms with Crippen LogP contribution >= 0.6 is 11.6 Å². The van der Waals surface area contributed by atoms with Gasteiger partial charge in [-0.1, -0.05) is 55.3 Å². The maximum absolute atomic E-state index is 12.4. The molecule has 1 amide bonds. The van der Waals surface area contributed by atoms with E-state index in [1.54, 1.807) is 18.2 Å². The minimum atomic E-state index is -0.693. The van der Waals surface area contributed by atoms with Crippen LogP contribution in [-0.4, -0.2) is 22.2 Å². The highest BCUT2D eigenvalue weighted by Gasteiger charge is 2.29. The van der Waals surface area contributed by atoms with E-state index in [-0.39, 0.29) is 5.91 Å². The van der Waals surface area contributed by atoms with Crippen molar-refractivity contribution in [2.75, 3.05) is 0 Å². The first-order valence-electron chi connectivity index (χ1n) is 7.57. The predicted octanol–water partition coefficient (Wildman–Crippen LogP) is 2.52. The van der Waals surface area contributed by atoms with E-state index in [1.807, 2.05) is 37.3 Å². The van der Waals surface area contributed by atoms with Gasteiger partial charge in [0.25, 0.3) is 5.91 Å². The van der Waals surface area contributed by atoms with Crippen LogP contribution < -0.4 is 10.6 Å². The largest absolute Gasteiger partial charge is 0.288 e. The molecule has 0 bridgehead atoms. The van der Waals surface area contributed by atoms with E-state index in [9.17, 15) is 10.0 Å². The smallest absolute Gasteiger partial charge is 0.271 e. The normalized spacial score (nSPS) is 17.5. The van der Waals surface area contributed by atoms with Crippen LogP contribution in [0.25, 0.3) is 5.70 Å². The van der Waals surface area contributed by atoms with Gasteiger partial charge in [0.05, 0.1) is 11.1 Å². The van der Waals surface area contributed by atoms with Gasteiger partial charge in [0, 0.05) is 15.8 Å². The molecule has 0 spiro atoms. The van der Waals surface area contributed by atoms with Gasteiger partial charge in [-0.25, -0.2) is 10.1 Å². The Morgan fingerprint density at radius 2 is 1.96 bits per heavy atom. The minimum absolute atomic E-state index is 0.344. The Bertz CT molecular complexity index is 849. The molecule has 1 N–H and O–H groups in total. The summed E-state index contributed by atoms with van der Waals surface area (Å²) in [6.07, 6.45) is 1.29. The zero-order valence-electron chi connectivity index (χ0n) is 12.7. The maximum atomic E-state index is 12.4. The van der Waals surface area contributed by atoms with Gasteiger partial charge in [-0.05, 0) is 24.6 Å². The highest BCUT2D eigenvalue weighted by Crippen LogP contribution is 2.21. The zero-order chi connectivity index (χ0) is 16.4. The van der Waals surface area contributed by atoms with Gasteiger partial charge in [-0.2, -0.15) is 0 Å². The number of rotatable bonds is 3. The molecule has 118 valence electrons. The fourth-order valence-corrected chi connectivity index (χ4v) is 2.95. The standard InChI is InChI=1S/C18H17ClN2O2/c1-2-6-16-18(22)20-15-10-9-13(19)11-14(15)17(21(16)23)12-7-4-3-5-8-12/h3-5,7-11,16,23H,2,6H2,1H3. The number of halogens is 1. The third kappa shape index (κ3) is 3.00. The van der Waals surface area contributed by atoms with Crippen LogP contribution in [0.15, 0.2) is 53.5 Å². The number of carbonyl (C=O) groups excluding carboxylic acids is 1. The van der Waals surface area contributed by atoms with Gasteiger partial charge in [-0.3, -0.25) is 10.0 Å². The number of carbonyl (C=O) groups is 1. The van der Waals surface area contributed by atoms with Gasteiger partial charge >= 0.3 is 0 Å². The van der Waals surface area contributed by atoms with Crippen LogP contribution in [0.5, 0.6) is 0 Å². The van der Waals surface area contributed by atoms with E-state index in [4.69, 9.17) is 11.6 Å². The Labute approximate surface area is 139 Å². The summed E-state index contributed by atoms with van der Waals surface area (Å²) in [5.41, 5.74) is 1.36. The molecule has 1 aliphatic heterocycles. The maximum Gasteiger partial charge on any atom is 0.271 e. The lowest BCUT2D eigenvalue weighted by Gasteiger charge is -2.26. The molecule has 1 heterocycles. The highest BCUT2D eigenvalue weighted by atomic mass is 35.5. The molecule has 5 heteroatoms. The van der Waals surface area contributed by atoms with Crippen LogP contribution in [-0.2, 0) is 4.79 Å². The van der Waals surface area contributed by atoms with Gasteiger partial charge < -0.3 is 0 Å². The molecule has 1 atom stereocenters. The molecule has 0 aromatic heterocycles. The number of hydroxylamine groups is 2. The van der Waals surface area contributed by atoms with Gasteiger partial charge in [-0.15, -0.1) is 0 Å².